The molecule has 2 aromatic carbocycles. The molecule has 1 amide bonds. The largest absolute Gasteiger partial charge is 0.326 e. The second-order valence-electron chi connectivity index (χ2n) is 7.45. The highest BCUT2D eigenvalue weighted by atomic mass is 32.2. The number of carbonyl (C=O) groups excluding carboxylic acids is 1. The standard InChI is InChI=1S/C21H26FN3O3S/c1-24(29(2,27)28)20-5-3-4-19(14-20)23-21(26)17-10-12-25(13-11-17)15-16-6-8-18(22)9-7-16/h3-9,14,17H,10-13,15H2,1-2H3,(H,23,26). The van der Waals surface area contributed by atoms with Gasteiger partial charge >= 0.3 is 0 Å². The van der Waals surface area contributed by atoms with Crippen molar-refractivity contribution in [2.45, 2.75) is 19.4 Å². The Hall–Kier alpha value is -2.45. The maximum atomic E-state index is 13.0. The molecule has 156 valence electrons. The topological polar surface area (TPSA) is 69.7 Å². The minimum Gasteiger partial charge on any atom is -0.326 e. The summed E-state index contributed by atoms with van der Waals surface area (Å²) in [4.78, 5) is 14.9. The molecule has 0 saturated carbocycles. The van der Waals surface area contributed by atoms with Gasteiger partial charge in [0.05, 0.1) is 11.9 Å². The molecule has 0 radical (unpaired) electrons. The lowest BCUT2D eigenvalue weighted by Crippen LogP contribution is -2.37. The average Bonchev–Trinajstić information content (AvgIpc) is 2.69. The zero-order chi connectivity index (χ0) is 21.0. The zero-order valence-corrected chi connectivity index (χ0v) is 17.5. The monoisotopic (exact) mass is 419 g/mol. The first-order chi connectivity index (χ1) is 13.7. The molecule has 3 rings (SSSR count). The van der Waals surface area contributed by atoms with Gasteiger partial charge in [0.25, 0.3) is 0 Å². The number of hydrogen-bond donors (Lipinski definition) is 1. The van der Waals surface area contributed by atoms with Gasteiger partial charge in [-0.1, -0.05) is 18.2 Å². The van der Waals surface area contributed by atoms with Crippen molar-refractivity contribution in [3.8, 4) is 0 Å². The number of halogens is 1. The lowest BCUT2D eigenvalue weighted by atomic mass is 9.95. The number of likely N-dealkylation sites (tertiary alicyclic amines) is 1. The van der Waals surface area contributed by atoms with Crippen LogP contribution in [0.5, 0.6) is 0 Å². The molecule has 8 heteroatoms. The third kappa shape index (κ3) is 5.77. The molecule has 0 aromatic heterocycles. The van der Waals surface area contributed by atoms with Crippen LogP contribution in [0.1, 0.15) is 18.4 Å². The number of nitrogens with zero attached hydrogens (tertiary/aromatic N) is 2. The highest BCUT2D eigenvalue weighted by molar-refractivity contribution is 7.92. The second-order valence-corrected chi connectivity index (χ2v) is 9.46. The van der Waals surface area contributed by atoms with E-state index in [1.54, 1.807) is 36.4 Å². The number of carbonyl (C=O) groups is 1. The smallest absolute Gasteiger partial charge is 0.231 e. The molecule has 0 aliphatic carbocycles. The number of piperidine rings is 1. The molecule has 2 aromatic rings. The van der Waals surface area contributed by atoms with E-state index in [2.05, 4.69) is 10.2 Å². The summed E-state index contributed by atoms with van der Waals surface area (Å²) in [5, 5.41) is 2.91. The van der Waals surface area contributed by atoms with Crippen molar-refractivity contribution < 1.29 is 17.6 Å². The van der Waals surface area contributed by atoms with E-state index in [1.165, 1.54) is 23.5 Å². The van der Waals surface area contributed by atoms with E-state index < -0.39 is 10.0 Å². The molecular weight excluding hydrogens is 393 g/mol. The van der Waals surface area contributed by atoms with Crippen LogP contribution in [0.3, 0.4) is 0 Å². The second kappa shape index (κ2) is 8.92. The van der Waals surface area contributed by atoms with Crippen molar-refractivity contribution in [3.05, 3.63) is 59.9 Å². The van der Waals surface area contributed by atoms with Gasteiger partial charge in [0.2, 0.25) is 15.9 Å². The molecule has 0 spiro atoms. The molecule has 1 aliphatic heterocycles. The summed E-state index contributed by atoms with van der Waals surface area (Å²) in [6, 6.07) is 13.3. The quantitative estimate of drug-likeness (QED) is 0.781. The van der Waals surface area contributed by atoms with Gasteiger partial charge in [-0.15, -0.1) is 0 Å². The fourth-order valence-corrected chi connectivity index (χ4v) is 3.91. The van der Waals surface area contributed by atoms with Gasteiger partial charge in [-0.2, -0.15) is 0 Å². The molecule has 6 nitrogen and oxygen atoms in total. The van der Waals surface area contributed by atoms with Gasteiger partial charge in [0.15, 0.2) is 0 Å². The lowest BCUT2D eigenvalue weighted by molar-refractivity contribution is -0.121. The molecule has 29 heavy (non-hydrogen) atoms. The predicted molar refractivity (Wildman–Crippen MR) is 113 cm³/mol. The van der Waals surface area contributed by atoms with E-state index in [0.717, 1.165) is 44.3 Å². The van der Waals surface area contributed by atoms with E-state index in [-0.39, 0.29) is 17.6 Å². The van der Waals surface area contributed by atoms with Gasteiger partial charge in [-0.25, -0.2) is 12.8 Å². The minimum absolute atomic E-state index is 0.0504. The molecule has 1 fully saturated rings. The Labute approximate surface area is 171 Å². The summed E-state index contributed by atoms with van der Waals surface area (Å²) in [7, 11) is -1.88. The van der Waals surface area contributed by atoms with Gasteiger partial charge in [-0.05, 0) is 61.8 Å². The number of benzene rings is 2. The first kappa shape index (κ1) is 21.3. The van der Waals surface area contributed by atoms with Gasteiger partial charge in [0, 0.05) is 25.2 Å². The number of nitrogens with one attached hydrogen (secondary N) is 1. The maximum absolute atomic E-state index is 13.0. The van der Waals surface area contributed by atoms with E-state index in [9.17, 15) is 17.6 Å². The number of sulfonamides is 1. The van der Waals surface area contributed by atoms with Crippen LogP contribution in [-0.4, -0.2) is 45.6 Å². The molecular formula is C21H26FN3O3S. The molecule has 0 atom stereocenters. The van der Waals surface area contributed by atoms with Crippen molar-refractivity contribution in [2.24, 2.45) is 5.92 Å². The summed E-state index contributed by atoms with van der Waals surface area (Å²) in [5.41, 5.74) is 2.14. The fourth-order valence-electron chi connectivity index (χ4n) is 3.42. The van der Waals surface area contributed by atoms with Gasteiger partial charge in [-0.3, -0.25) is 14.0 Å². The Kier molecular flexibility index (Phi) is 6.54. The van der Waals surface area contributed by atoms with Crippen molar-refractivity contribution in [1.82, 2.24) is 4.90 Å². The highest BCUT2D eigenvalue weighted by Gasteiger charge is 2.25. The van der Waals surface area contributed by atoms with E-state index in [0.29, 0.717) is 11.4 Å². The third-order valence-electron chi connectivity index (χ3n) is 5.25. The summed E-state index contributed by atoms with van der Waals surface area (Å²) in [6.45, 7) is 2.34. The van der Waals surface area contributed by atoms with Crippen LogP contribution in [0.2, 0.25) is 0 Å². The summed E-state index contributed by atoms with van der Waals surface area (Å²) in [5.74, 6) is -0.378. The van der Waals surface area contributed by atoms with E-state index in [1.807, 2.05) is 0 Å². The Morgan fingerprint density at radius 2 is 1.83 bits per heavy atom. The molecule has 1 heterocycles. The number of anilines is 2. The predicted octanol–water partition coefficient (Wildman–Crippen LogP) is 3.07. The molecule has 0 bridgehead atoms. The fraction of sp³-hybridized carbons (Fsp3) is 0.381. The third-order valence-corrected chi connectivity index (χ3v) is 6.46. The molecule has 1 saturated heterocycles. The first-order valence-electron chi connectivity index (χ1n) is 9.54. The first-order valence-corrected chi connectivity index (χ1v) is 11.4. The van der Waals surface area contributed by atoms with Crippen LogP contribution in [0.25, 0.3) is 0 Å². The van der Waals surface area contributed by atoms with Crippen LogP contribution >= 0.6 is 0 Å². The van der Waals surface area contributed by atoms with Crippen molar-refractivity contribution in [2.75, 3.05) is 36.0 Å². The van der Waals surface area contributed by atoms with Crippen LogP contribution in [0.4, 0.5) is 15.8 Å². The van der Waals surface area contributed by atoms with Crippen LogP contribution < -0.4 is 9.62 Å². The summed E-state index contributed by atoms with van der Waals surface area (Å²) in [6.07, 6.45) is 2.63. The summed E-state index contributed by atoms with van der Waals surface area (Å²) < 4.78 is 37.6. The lowest BCUT2D eigenvalue weighted by Gasteiger charge is -2.31. The number of amides is 1. The maximum Gasteiger partial charge on any atom is 0.231 e. The SMILES string of the molecule is CN(c1cccc(NC(=O)C2CCN(Cc3ccc(F)cc3)CC2)c1)S(C)(=O)=O. The van der Waals surface area contributed by atoms with E-state index in [4.69, 9.17) is 0 Å². The van der Waals surface area contributed by atoms with Crippen molar-refractivity contribution in [3.63, 3.8) is 0 Å². The average molecular weight is 420 g/mol. The van der Waals surface area contributed by atoms with E-state index >= 15 is 0 Å². The number of hydrogen-bond acceptors (Lipinski definition) is 4. The molecule has 1 N–H and O–H groups in total. The molecule has 1 aliphatic rings. The van der Waals surface area contributed by atoms with Crippen molar-refractivity contribution >= 4 is 27.3 Å². The van der Waals surface area contributed by atoms with Crippen molar-refractivity contribution in [1.29, 1.82) is 0 Å². The normalized spacial score (nSPS) is 15.8. The Morgan fingerprint density at radius 1 is 1.17 bits per heavy atom. The van der Waals surface area contributed by atoms with Crippen LogP contribution in [-0.2, 0) is 21.4 Å². The van der Waals surface area contributed by atoms with Gasteiger partial charge in [0.1, 0.15) is 5.82 Å². The zero-order valence-electron chi connectivity index (χ0n) is 16.6. The Morgan fingerprint density at radius 3 is 2.45 bits per heavy atom. The Balaban J connectivity index is 1.54. The minimum atomic E-state index is -3.36. The summed E-state index contributed by atoms with van der Waals surface area (Å²) >= 11 is 0. The van der Waals surface area contributed by atoms with Gasteiger partial charge < -0.3 is 5.32 Å². The Bertz CT molecular complexity index is 955. The molecule has 0 unspecified atom stereocenters. The highest BCUT2D eigenvalue weighted by Crippen LogP contribution is 2.24. The van der Waals surface area contributed by atoms with Crippen LogP contribution in [0, 0.1) is 11.7 Å². The van der Waals surface area contributed by atoms with Crippen LogP contribution in [0.15, 0.2) is 48.5 Å². The number of rotatable bonds is 6.